The molecule has 3 aromatic rings. The van der Waals surface area contributed by atoms with Crippen LogP contribution in [0.5, 0.6) is 0 Å². The number of aryl methyl sites for hydroxylation is 1. The summed E-state index contributed by atoms with van der Waals surface area (Å²) in [7, 11) is 0. The normalized spacial score (nSPS) is 11.1. The smallest absolute Gasteiger partial charge is 0.276 e. The second-order valence-electron chi connectivity index (χ2n) is 5.06. The number of nitrogens with two attached hydrogens (primary N) is 1. The molecule has 0 unspecified atom stereocenters. The van der Waals surface area contributed by atoms with Gasteiger partial charge in [-0.15, -0.1) is 0 Å². The van der Waals surface area contributed by atoms with Crippen LogP contribution >= 0.6 is 12.2 Å². The molecule has 0 saturated carbocycles. The van der Waals surface area contributed by atoms with Crippen LogP contribution in [-0.4, -0.2) is 14.5 Å². The van der Waals surface area contributed by atoms with E-state index in [4.69, 9.17) is 18.0 Å². The number of aromatic nitrogens is 3. The van der Waals surface area contributed by atoms with Crippen LogP contribution in [0.25, 0.3) is 11.0 Å². The SMILES string of the molecule is Cc1ccc(Cn2c(=S)[nH]c(=O)c3[nH]ccc32)c(CN)c1. The summed E-state index contributed by atoms with van der Waals surface area (Å²) in [4.78, 5) is 17.5. The molecule has 0 fully saturated rings. The number of benzene rings is 1. The first-order valence-electron chi connectivity index (χ1n) is 6.69. The van der Waals surface area contributed by atoms with Crippen LogP contribution in [0.4, 0.5) is 0 Å². The Morgan fingerprint density at radius 2 is 2.10 bits per heavy atom. The first kappa shape index (κ1) is 13.8. The lowest BCUT2D eigenvalue weighted by molar-refractivity contribution is 0.771. The van der Waals surface area contributed by atoms with Crippen LogP contribution in [-0.2, 0) is 13.1 Å². The Morgan fingerprint density at radius 3 is 2.86 bits per heavy atom. The summed E-state index contributed by atoms with van der Waals surface area (Å²) in [6.45, 7) is 3.10. The zero-order chi connectivity index (χ0) is 15.0. The third-order valence-corrected chi connectivity index (χ3v) is 3.94. The topological polar surface area (TPSA) is 79.6 Å². The van der Waals surface area contributed by atoms with E-state index in [1.807, 2.05) is 17.6 Å². The van der Waals surface area contributed by atoms with Gasteiger partial charge in [0, 0.05) is 12.7 Å². The number of nitrogens with one attached hydrogen (secondary N) is 2. The molecule has 0 radical (unpaired) electrons. The fourth-order valence-corrected chi connectivity index (χ4v) is 2.79. The van der Waals surface area contributed by atoms with E-state index < -0.39 is 0 Å². The van der Waals surface area contributed by atoms with Crippen molar-refractivity contribution < 1.29 is 0 Å². The molecule has 6 heteroatoms. The average Bonchev–Trinajstić information content (AvgIpc) is 2.94. The van der Waals surface area contributed by atoms with Crippen LogP contribution in [0.3, 0.4) is 0 Å². The number of H-pyrrole nitrogens is 2. The van der Waals surface area contributed by atoms with Gasteiger partial charge in [-0.2, -0.15) is 0 Å². The monoisotopic (exact) mass is 300 g/mol. The second kappa shape index (κ2) is 5.31. The maximum Gasteiger partial charge on any atom is 0.276 e. The van der Waals surface area contributed by atoms with E-state index in [2.05, 4.69) is 28.2 Å². The van der Waals surface area contributed by atoms with Crippen molar-refractivity contribution in [2.24, 2.45) is 5.73 Å². The van der Waals surface area contributed by atoms with E-state index in [-0.39, 0.29) is 5.56 Å². The lowest BCUT2D eigenvalue weighted by atomic mass is 10.0. The van der Waals surface area contributed by atoms with E-state index in [0.717, 1.165) is 16.6 Å². The largest absolute Gasteiger partial charge is 0.355 e. The Hall–Kier alpha value is -2.18. The quantitative estimate of drug-likeness (QED) is 0.649. The predicted molar refractivity (Wildman–Crippen MR) is 85.9 cm³/mol. The van der Waals surface area contributed by atoms with Gasteiger partial charge < -0.3 is 15.3 Å². The lowest BCUT2D eigenvalue weighted by Gasteiger charge is -2.13. The Balaban J connectivity index is 2.17. The summed E-state index contributed by atoms with van der Waals surface area (Å²) < 4.78 is 2.32. The van der Waals surface area contributed by atoms with Gasteiger partial charge in [0.25, 0.3) is 5.56 Å². The summed E-state index contributed by atoms with van der Waals surface area (Å²) in [5, 5.41) is 0. The molecular formula is C15H16N4OS. The van der Waals surface area contributed by atoms with Crippen molar-refractivity contribution in [2.45, 2.75) is 20.0 Å². The fraction of sp³-hybridized carbons (Fsp3) is 0.200. The molecule has 1 aromatic carbocycles. The van der Waals surface area contributed by atoms with Crippen LogP contribution in [0, 0.1) is 11.7 Å². The highest BCUT2D eigenvalue weighted by molar-refractivity contribution is 7.71. The molecule has 0 spiro atoms. The number of hydrogen-bond donors (Lipinski definition) is 3. The minimum Gasteiger partial charge on any atom is -0.355 e. The summed E-state index contributed by atoms with van der Waals surface area (Å²) in [6, 6.07) is 8.05. The van der Waals surface area contributed by atoms with E-state index in [0.29, 0.717) is 23.4 Å². The van der Waals surface area contributed by atoms with E-state index in [9.17, 15) is 4.79 Å². The fourth-order valence-electron chi connectivity index (χ4n) is 2.53. The van der Waals surface area contributed by atoms with Crippen molar-refractivity contribution >= 4 is 23.3 Å². The Labute approximate surface area is 126 Å². The highest BCUT2D eigenvalue weighted by Gasteiger charge is 2.09. The van der Waals surface area contributed by atoms with Crippen LogP contribution in [0.15, 0.2) is 35.3 Å². The number of aromatic amines is 2. The van der Waals surface area contributed by atoms with Gasteiger partial charge in [0.1, 0.15) is 5.52 Å². The minimum atomic E-state index is -0.195. The van der Waals surface area contributed by atoms with Gasteiger partial charge in [0.2, 0.25) is 0 Å². The van der Waals surface area contributed by atoms with Crippen molar-refractivity contribution in [1.29, 1.82) is 0 Å². The molecule has 2 heterocycles. The van der Waals surface area contributed by atoms with Gasteiger partial charge >= 0.3 is 0 Å². The molecule has 4 N–H and O–H groups in total. The van der Waals surface area contributed by atoms with Gasteiger partial charge in [-0.3, -0.25) is 9.78 Å². The molecule has 21 heavy (non-hydrogen) atoms. The summed E-state index contributed by atoms with van der Waals surface area (Å²) in [6.07, 6.45) is 1.74. The Bertz CT molecular complexity index is 919. The molecule has 108 valence electrons. The van der Waals surface area contributed by atoms with Crippen molar-refractivity contribution in [3.8, 4) is 0 Å². The van der Waals surface area contributed by atoms with E-state index in [1.54, 1.807) is 6.20 Å². The average molecular weight is 300 g/mol. The lowest BCUT2D eigenvalue weighted by Crippen LogP contribution is -2.15. The Morgan fingerprint density at radius 1 is 1.29 bits per heavy atom. The molecule has 3 rings (SSSR count). The third kappa shape index (κ3) is 2.43. The van der Waals surface area contributed by atoms with Crippen LogP contribution in [0.2, 0.25) is 0 Å². The predicted octanol–water partition coefficient (Wildman–Crippen LogP) is 2.20. The number of fused-ring (bicyclic) bond motifs is 1. The van der Waals surface area contributed by atoms with Gasteiger partial charge in [-0.1, -0.05) is 23.8 Å². The third-order valence-electron chi connectivity index (χ3n) is 3.62. The van der Waals surface area contributed by atoms with Gasteiger partial charge in [-0.25, -0.2) is 0 Å². The minimum absolute atomic E-state index is 0.195. The molecule has 0 amide bonds. The summed E-state index contributed by atoms with van der Waals surface area (Å²) in [5.41, 5.74) is 10.3. The van der Waals surface area contributed by atoms with E-state index >= 15 is 0 Å². The van der Waals surface area contributed by atoms with Gasteiger partial charge in [0.05, 0.1) is 12.1 Å². The molecule has 0 bridgehead atoms. The maximum atomic E-state index is 11.8. The zero-order valence-electron chi connectivity index (χ0n) is 11.6. The van der Waals surface area contributed by atoms with Crippen molar-refractivity contribution in [3.63, 3.8) is 0 Å². The molecule has 0 atom stereocenters. The number of nitrogens with zero attached hydrogens (tertiary/aromatic N) is 1. The summed E-state index contributed by atoms with van der Waals surface area (Å²) in [5.74, 6) is 0. The standard InChI is InChI=1S/C15H16N4OS/c1-9-2-3-10(11(6-9)7-16)8-19-12-4-5-17-13(12)14(20)18-15(19)21/h2-6,17H,7-8,16H2,1H3,(H,18,20,21). The highest BCUT2D eigenvalue weighted by atomic mass is 32.1. The molecule has 5 nitrogen and oxygen atoms in total. The highest BCUT2D eigenvalue weighted by Crippen LogP contribution is 2.16. The Kier molecular flexibility index (Phi) is 3.48. The first-order valence-corrected chi connectivity index (χ1v) is 7.09. The van der Waals surface area contributed by atoms with Crippen LogP contribution < -0.4 is 11.3 Å². The van der Waals surface area contributed by atoms with Crippen LogP contribution in [0.1, 0.15) is 16.7 Å². The van der Waals surface area contributed by atoms with E-state index in [1.165, 1.54) is 5.56 Å². The number of hydrogen-bond acceptors (Lipinski definition) is 3. The maximum absolute atomic E-state index is 11.8. The molecular weight excluding hydrogens is 284 g/mol. The summed E-state index contributed by atoms with van der Waals surface area (Å²) >= 11 is 5.30. The second-order valence-corrected chi connectivity index (χ2v) is 5.45. The van der Waals surface area contributed by atoms with Gasteiger partial charge in [-0.05, 0) is 36.3 Å². The zero-order valence-corrected chi connectivity index (χ0v) is 12.5. The first-order chi connectivity index (χ1) is 10.1. The van der Waals surface area contributed by atoms with Crippen molar-refractivity contribution in [2.75, 3.05) is 0 Å². The molecule has 0 aliphatic heterocycles. The van der Waals surface area contributed by atoms with Gasteiger partial charge in [0.15, 0.2) is 4.77 Å². The molecule has 0 saturated heterocycles. The van der Waals surface area contributed by atoms with Crippen molar-refractivity contribution in [1.82, 2.24) is 14.5 Å². The molecule has 0 aliphatic carbocycles. The number of rotatable bonds is 3. The van der Waals surface area contributed by atoms with Crippen molar-refractivity contribution in [3.05, 3.63) is 62.3 Å². The molecule has 0 aliphatic rings. The molecule has 2 aromatic heterocycles.